The molecule has 2 rings (SSSR count). The van der Waals surface area contributed by atoms with E-state index < -0.39 is 9.84 Å². The summed E-state index contributed by atoms with van der Waals surface area (Å²) in [7, 11) is -3.29. The van der Waals surface area contributed by atoms with Gasteiger partial charge in [-0.1, -0.05) is 13.3 Å². The van der Waals surface area contributed by atoms with Gasteiger partial charge in [-0.3, -0.25) is 0 Å². The molecule has 1 aromatic rings. The molecule has 0 saturated heterocycles. The molecule has 0 atom stereocenters. The third-order valence-electron chi connectivity index (χ3n) is 3.14. The summed E-state index contributed by atoms with van der Waals surface area (Å²) in [6.07, 6.45) is 3.71. The highest BCUT2D eigenvalue weighted by molar-refractivity contribution is 7.91. The van der Waals surface area contributed by atoms with E-state index in [9.17, 15) is 8.42 Å². The molecule has 17 heavy (non-hydrogen) atoms. The van der Waals surface area contributed by atoms with Gasteiger partial charge in [0.15, 0.2) is 15.7 Å². The van der Waals surface area contributed by atoms with Crippen LogP contribution in [0.3, 0.4) is 0 Å². The molecule has 1 aliphatic carbocycles. The van der Waals surface area contributed by atoms with E-state index >= 15 is 0 Å². The number of rotatable bonds is 5. The van der Waals surface area contributed by atoms with Crippen molar-refractivity contribution in [3.05, 3.63) is 0 Å². The normalized spacial score (nSPS) is 16.8. The molecular weight excluding hydrogens is 258 g/mol. The minimum absolute atomic E-state index is 0.0493. The number of nitrogens with one attached hydrogen (secondary N) is 1. The molecule has 0 amide bonds. The van der Waals surface area contributed by atoms with Crippen LogP contribution < -0.4 is 11.1 Å². The topological polar surface area (TPSA) is 85.1 Å². The smallest absolute Gasteiger partial charge is 0.184 e. The third kappa shape index (κ3) is 2.55. The molecule has 1 aromatic heterocycles. The molecule has 3 N–H and O–H groups in total. The highest BCUT2D eigenvalue weighted by atomic mass is 32.2. The first-order valence-electron chi connectivity index (χ1n) is 5.76. The molecule has 5 nitrogen and oxygen atoms in total. The lowest BCUT2D eigenvalue weighted by molar-refractivity contribution is 0.333. The zero-order chi connectivity index (χ0) is 12.5. The van der Waals surface area contributed by atoms with E-state index in [1.54, 1.807) is 6.92 Å². The maximum absolute atomic E-state index is 11.9. The minimum atomic E-state index is -3.29. The van der Waals surface area contributed by atoms with E-state index in [-0.39, 0.29) is 16.5 Å². The van der Waals surface area contributed by atoms with E-state index in [0.717, 1.165) is 18.1 Å². The van der Waals surface area contributed by atoms with Crippen molar-refractivity contribution in [1.29, 1.82) is 0 Å². The number of nitrogens with zero attached hydrogens (tertiary/aromatic N) is 1. The third-order valence-corrected chi connectivity index (χ3v) is 5.88. The van der Waals surface area contributed by atoms with Crippen molar-refractivity contribution in [3.8, 4) is 0 Å². The van der Waals surface area contributed by atoms with Gasteiger partial charge in [-0.2, -0.15) is 4.37 Å². The SMILES string of the molecule is CCS(=O)(=O)c1c(N)nsc1NCC1CCC1. The van der Waals surface area contributed by atoms with E-state index in [4.69, 9.17) is 5.73 Å². The fourth-order valence-corrected chi connectivity index (χ4v) is 3.96. The lowest BCUT2D eigenvalue weighted by Crippen LogP contribution is -2.21. The van der Waals surface area contributed by atoms with E-state index in [1.807, 2.05) is 0 Å². The molecule has 96 valence electrons. The molecule has 1 fully saturated rings. The number of nitrogens with two attached hydrogens (primary N) is 1. The Labute approximate surface area is 105 Å². The van der Waals surface area contributed by atoms with Crippen molar-refractivity contribution in [2.75, 3.05) is 23.3 Å². The molecular formula is C10H17N3O2S2. The number of nitrogen functional groups attached to an aromatic ring is 1. The number of hydrogen-bond donors (Lipinski definition) is 2. The predicted octanol–water partition coefficient (Wildman–Crippen LogP) is 1.73. The van der Waals surface area contributed by atoms with Crippen LogP contribution >= 0.6 is 11.5 Å². The molecule has 0 unspecified atom stereocenters. The summed E-state index contributed by atoms with van der Waals surface area (Å²) >= 11 is 1.13. The maximum Gasteiger partial charge on any atom is 0.184 e. The molecule has 0 aromatic carbocycles. The number of hydrogen-bond acceptors (Lipinski definition) is 6. The first-order chi connectivity index (χ1) is 8.04. The Hall–Kier alpha value is -0.820. The molecule has 0 aliphatic heterocycles. The minimum Gasteiger partial charge on any atom is -0.382 e. The summed E-state index contributed by atoms with van der Waals surface area (Å²) in [5.74, 6) is 0.830. The second-order valence-corrected chi connectivity index (χ2v) is 7.30. The van der Waals surface area contributed by atoms with Gasteiger partial charge in [0.2, 0.25) is 0 Å². The summed E-state index contributed by atoms with van der Waals surface area (Å²) in [5, 5.41) is 3.77. The number of aromatic nitrogens is 1. The highest BCUT2D eigenvalue weighted by Gasteiger charge is 2.25. The van der Waals surface area contributed by atoms with E-state index in [1.165, 1.54) is 19.3 Å². The van der Waals surface area contributed by atoms with Crippen LogP contribution in [0.25, 0.3) is 0 Å². The fraction of sp³-hybridized carbons (Fsp3) is 0.700. The molecule has 0 spiro atoms. The zero-order valence-corrected chi connectivity index (χ0v) is 11.4. The van der Waals surface area contributed by atoms with Crippen LogP contribution in [0.2, 0.25) is 0 Å². The summed E-state index contributed by atoms with van der Waals surface area (Å²) in [6.45, 7) is 2.43. The van der Waals surface area contributed by atoms with Crippen LogP contribution in [0.1, 0.15) is 26.2 Å². The maximum atomic E-state index is 11.9. The Balaban J connectivity index is 2.16. The average molecular weight is 275 g/mol. The van der Waals surface area contributed by atoms with Gasteiger partial charge in [0.25, 0.3) is 0 Å². The molecule has 1 heterocycles. The van der Waals surface area contributed by atoms with Crippen molar-refractivity contribution in [2.45, 2.75) is 31.1 Å². The second kappa shape index (κ2) is 4.81. The summed E-state index contributed by atoms with van der Waals surface area (Å²) in [4.78, 5) is 0.185. The van der Waals surface area contributed by atoms with Crippen LogP contribution in [0.4, 0.5) is 10.8 Å². The lowest BCUT2D eigenvalue weighted by atomic mass is 9.85. The molecule has 0 bridgehead atoms. The fourth-order valence-electron chi connectivity index (χ4n) is 1.79. The van der Waals surface area contributed by atoms with Crippen molar-refractivity contribution in [3.63, 3.8) is 0 Å². The first kappa shape index (κ1) is 12.6. The van der Waals surface area contributed by atoms with Crippen molar-refractivity contribution >= 4 is 32.2 Å². The largest absolute Gasteiger partial charge is 0.382 e. The Morgan fingerprint density at radius 1 is 1.53 bits per heavy atom. The van der Waals surface area contributed by atoms with Crippen LogP contribution in [0.15, 0.2) is 4.90 Å². The van der Waals surface area contributed by atoms with Crippen LogP contribution in [0.5, 0.6) is 0 Å². The summed E-state index contributed by atoms with van der Waals surface area (Å²) < 4.78 is 27.7. The van der Waals surface area contributed by atoms with Gasteiger partial charge < -0.3 is 11.1 Å². The van der Waals surface area contributed by atoms with Crippen LogP contribution in [-0.2, 0) is 9.84 Å². The monoisotopic (exact) mass is 275 g/mol. The lowest BCUT2D eigenvalue weighted by Gasteiger charge is -2.25. The van der Waals surface area contributed by atoms with Gasteiger partial charge in [0, 0.05) is 6.54 Å². The first-order valence-corrected chi connectivity index (χ1v) is 8.19. The number of anilines is 2. The Morgan fingerprint density at radius 2 is 2.24 bits per heavy atom. The number of sulfone groups is 1. The molecule has 0 radical (unpaired) electrons. The molecule has 7 heteroatoms. The van der Waals surface area contributed by atoms with Gasteiger partial charge in [-0.25, -0.2) is 8.42 Å². The van der Waals surface area contributed by atoms with Crippen molar-refractivity contribution in [1.82, 2.24) is 4.37 Å². The summed E-state index contributed by atoms with van der Waals surface area (Å²) in [5.41, 5.74) is 5.64. The molecule has 1 saturated carbocycles. The van der Waals surface area contributed by atoms with Crippen molar-refractivity contribution in [2.24, 2.45) is 5.92 Å². The highest BCUT2D eigenvalue weighted by Crippen LogP contribution is 2.34. The Kier molecular flexibility index (Phi) is 3.58. The summed E-state index contributed by atoms with van der Waals surface area (Å²) in [6, 6.07) is 0. The predicted molar refractivity (Wildman–Crippen MR) is 70.1 cm³/mol. The van der Waals surface area contributed by atoms with Gasteiger partial charge in [0.05, 0.1) is 5.75 Å². The van der Waals surface area contributed by atoms with E-state index in [2.05, 4.69) is 9.69 Å². The van der Waals surface area contributed by atoms with Gasteiger partial charge in [0.1, 0.15) is 9.90 Å². The van der Waals surface area contributed by atoms with Gasteiger partial charge >= 0.3 is 0 Å². The van der Waals surface area contributed by atoms with Gasteiger partial charge in [-0.05, 0) is 30.3 Å². The van der Waals surface area contributed by atoms with Crippen LogP contribution in [0, 0.1) is 5.92 Å². The van der Waals surface area contributed by atoms with Crippen molar-refractivity contribution < 1.29 is 8.42 Å². The van der Waals surface area contributed by atoms with E-state index in [0.29, 0.717) is 10.9 Å². The Morgan fingerprint density at radius 3 is 2.76 bits per heavy atom. The Bertz CT molecular complexity index is 492. The van der Waals surface area contributed by atoms with Gasteiger partial charge in [-0.15, -0.1) is 0 Å². The standard InChI is InChI=1S/C10H17N3O2S2/c1-2-17(14,15)8-9(11)13-16-10(8)12-6-7-4-3-5-7/h7,12H,2-6H2,1H3,(H2,11,13). The quantitative estimate of drug-likeness (QED) is 0.855. The van der Waals surface area contributed by atoms with Crippen LogP contribution in [-0.4, -0.2) is 25.1 Å². The zero-order valence-electron chi connectivity index (χ0n) is 9.77. The average Bonchev–Trinajstić information content (AvgIpc) is 2.58. The second-order valence-electron chi connectivity index (χ2n) is 4.31. The molecule has 1 aliphatic rings.